The van der Waals surface area contributed by atoms with Crippen molar-refractivity contribution < 1.29 is 17.2 Å². The molecule has 0 saturated carbocycles. The summed E-state index contributed by atoms with van der Waals surface area (Å²) in [5.41, 5.74) is 1.85. The minimum Gasteiger partial charge on any atom is -0.408 e. The summed E-state index contributed by atoms with van der Waals surface area (Å²) in [6.45, 7) is 0.348. The maximum absolute atomic E-state index is 13.5. The van der Waals surface area contributed by atoms with Crippen LogP contribution in [0.4, 0.5) is 4.39 Å². The van der Waals surface area contributed by atoms with E-state index in [2.05, 4.69) is 9.97 Å². The molecule has 10 heteroatoms. The third kappa shape index (κ3) is 2.78. The summed E-state index contributed by atoms with van der Waals surface area (Å²) in [6, 6.07) is 8.11. The van der Waals surface area contributed by atoms with Gasteiger partial charge in [-0.3, -0.25) is 4.57 Å². The molecule has 1 aliphatic heterocycles. The van der Waals surface area contributed by atoms with Gasteiger partial charge in [0.1, 0.15) is 11.6 Å². The number of aryl methyl sites for hydroxylation is 1. The van der Waals surface area contributed by atoms with Crippen molar-refractivity contribution in [3.63, 3.8) is 0 Å². The predicted molar refractivity (Wildman–Crippen MR) is 103 cm³/mol. The minimum atomic E-state index is -3.84. The highest BCUT2D eigenvalue weighted by Crippen LogP contribution is 2.36. The number of hydrogen-bond acceptors (Lipinski definition) is 5. The van der Waals surface area contributed by atoms with Crippen LogP contribution in [0.2, 0.25) is 0 Å². The predicted octanol–water partition coefficient (Wildman–Crippen LogP) is 2.67. The van der Waals surface area contributed by atoms with Crippen LogP contribution in [0.25, 0.3) is 22.1 Å². The first-order valence-corrected chi connectivity index (χ1v) is 10.6. The van der Waals surface area contributed by atoms with Crippen molar-refractivity contribution in [2.75, 3.05) is 6.54 Å². The van der Waals surface area contributed by atoms with Crippen molar-refractivity contribution in [2.24, 2.45) is 7.05 Å². The summed E-state index contributed by atoms with van der Waals surface area (Å²) in [6.07, 6.45) is 1.29. The number of imidazole rings is 1. The van der Waals surface area contributed by atoms with Crippen LogP contribution < -0.4 is 5.76 Å². The van der Waals surface area contributed by atoms with Crippen molar-refractivity contribution in [3.05, 3.63) is 58.6 Å². The molecule has 1 unspecified atom stereocenters. The topological polar surface area (TPSA) is 101 Å². The number of oxazole rings is 1. The average Bonchev–Trinajstić information content (AvgIpc) is 3.39. The zero-order valence-electron chi connectivity index (χ0n) is 15.4. The number of H-pyrrole nitrogens is 1. The smallest absolute Gasteiger partial charge is 0.408 e. The van der Waals surface area contributed by atoms with Gasteiger partial charge in [0.15, 0.2) is 5.58 Å². The van der Waals surface area contributed by atoms with E-state index < -0.39 is 21.8 Å². The molecular formula is C19H17FN4O4S. The molecule has 1 aliphatic rings. The maximum atomic E-state index is 13.5. The van der Waals surface area contributed by atoms with Crippen molar-refractivity contribution in [1.29, 1.82) is 0 Å². The molecule has 1 saturated heterocycles. The Bertz CT molecular complexity index is 1420. The monoisotopic (exact) mass is 416 g/mol. The number of nitrogens with one attached hydrogen (secondary N) is 1. The van der Waals surface area contributed by atoms with Crippen molar-refractivity contribution >= 4 is 32.2 Å². The molecule has 1 atom stereocenters. The van der Waals surface area contributed by atoms with Gasteiger partial charge < -0.3 is 9.40 Å². The van der Waals surface area contributed by atoms with Crippen molar-refractivity contribution in [1.82, 2.24) is 18.8 Å². The van der Waals surface area contributed by atoms with Gasteiger partial charge in [-0.05, 0) is 49.2 Å². The summed E-state index contributed by atoms with van der Waals surface area (Å²) in [5.74, 6) is -0.450. The van der Waals surface area contributed by atoms with Crippen LogP contribution in [0.5, 0.6) is 0 Å². The molecule has 150 valence electrons. The molecule has 0 spiro atoms. The lowest BCUT2D eigenvalue weighted by Crippen LogP contribution is -2.31. The summed E-state index contributed by atoms with van der Waals surface area (Å²) in [7, 11) is -2.31. The standard InChI is InChI=1S/C19H17FN4O4S/c1-23-16-10-12(5-7-17(16)28-19(23)25)29(26,27)24-8-2-3-15(24)18-21-13-6-4-11(20)9-14(13)22-18/h4-7,9-10,15H,2-3,8H2,1H3,(H,21,22). The normalized spacial score (nSPS) is 18.2. The van der Waals surface area contributed by atoms with E-state index in [1.807, 2.05) is 0 Å². The van der Waals surface area contributed by atoms with E-state index in [-0.39, 0.29) is 10.7 Å². The average molecular weight is 416 g/mol. The number of aromatic amines is 1. The van der Waals surface area contributed by atoms with Gasteiger partial charge in [-0.15, -0.1) is 0 Å². The van der Waals surface area contributed by atoms with Crippen LogP contribution in [0.15, 0.2) is 50.5 Å². The molecule has 3 heterocycles. The first kappa shape index (κ1) is 18.1. The van der Waals surface area contributed by atoms with Gasteiger partial charge in [-0.25, -0.2) is 22.6 Å². The fraction of sp³-hybridized carbons (Fsp3) is 0.263. The van der Waals surface area contributed by atoms with Gasteiger partial charge in [0.2, 0.25) is 10.0 Å². The molecule has 5 rings (SSSR count). The quantitative estimate of drug-likeness (QED) is 0.553. The Balaban J connectivity index is 1.57. The van der Waals surface area contributed by atoms with Crippen LogP contribution in [0.1, 0.15) is 24.7 Å². The third-order valence-electron chi connectivity index (χ3n) is 5.35. The van der Waals surface area contributed by atoms with E-state index >= 15 is 0 Å². The van der Waals surface area contributed by atoms with Gasteiger partial charge in [-0.2, -0.15) is 4.31 Å². The Kier molecular flexibility index (Phi) is 3.90. The molecular weight excluding hydrogens is 399 g/mol. The number of halogens is 1. The van der Waals surface area contributed by atoms with Gasteiger partial charge in [0, 0.05) is 13.6 Å². The summed E-state index contributed by atoms with van der Waals surface area (Å²) >= 11 is 0. The zero-order valence-corrected chi connectivity index (χ0v) is 16.2. The molecule has 0 amide bonds. The second-order valence-electron chi connectivity index (χ2n) is 7.11. The SMILES string of the molecule is Cn1c(=O)oc2ccc(S(=O)(=O)N3CCCC3c3nc4ccc(F)cc4[nH]3)cc21. The zero-order chi connectivity index (χ0) is 20.3. The van der Waals surface area contributed by atoms with Gasteiger partial charge in [-0.1, -0.05) is 0 Å². The van der Waals surface area contributed by atoms with Crippen molar-refractivity contribution in [2.45, 2.75) is 23.8 Å². The molecule has 2 aromatic carbocycles. The number of nitrogens with zero attached hydrogens (tertiary/aromatic N) is 3. The number of sulfonamides is 1. The lowest BCUT2D eigenvalue weighted by Gasteiger charge is -2.22. The van der Waals surface area contributed by atoms with E-state index in [1.165, 1.54) is 46.3 Å². The third-order valence-corrected chi connectivity index (χ3v) is 7.26. The van der Waals surface area contributed by atoms with Crippen LogP contribution in [-0.4, -0.2) is 33.8 Å². The molecule has 1 N–H and O–H groups in total. The Morgan fingerprint density at radius 3 is 2.90 bits per heavy atom. The first-order chi connectivity index (χ1) is 13.8. The molecule has 0 radical (unpaired) electrons. The Hall–Kier alpha value is -2.98. The molecule has 8 nitrogen and oxygen atoms in total. The van der Waals surface area contributed by atoms with Crippen LogP contribution in [-0.2, 0) is 17.1 Å². The second kappa shape index (κ2) is 6.26. The fourth-order valence-corrected chi connectivity index (χ4v) is 5.54. The maximum Gasteiger partial charge on any atom is 0.419 e. The number of aromatic nitrogens is 3. The summed E-state index contributed by atoms with van der Waals surface area (Å²) < 4.78 is 47.9. The van der Waals surface area contributed by atoms with Crippen LogP contribution >= 0.6 is 0 Å². The van der Waals surface area contributed by atoms with Gasteiger partial charge >= 0.3 is 5.76 Å². The highest BCUT2D eigenvalue weighted by Gasteiger charge is 2.38. The Morgan fingerprint density at radius 1 is 1.24 bits per heavy atom. The fourth-order valence-electron chi connectivity index (χ4n) is 3.86. The number of rotatable bonds is 3. The Morgan fingerprint density at radius 2 is 2.07 bits per heavy atom. The lowest BCUT2D eigenvalue weighted by molar-refractivity contribution is 0.386. The molecule has 0 aliphatic carbocycles. The van der Waals surface area contributed by atoms with E-state index in [4.69, 9.17) is 4.42 Å². The molecule has 29 heavy (non-hydrogen) atoms. The minimum absolute atomic E-state index is 0.0791. The highest BCUT2D eigenvalue weighted by molar-refractivity contribution is 7.89. The largest absolute Gasteiger partial charge is 0.419 e. The van der Waals surface area contributed by atoms with E-state index in [0.29, 0.717) is 47.3 Å². The summed E-state index contributed by atoms with van der Waals surface area (Å²) in [4.78, 5) is 19.3. The van der Waals surface area contributed by atoms with Crippen LogP contribution in [0, 0.1) is 5.82 Å². The summed E-state index contributed by atoms with van der Waals surface area (Å²) in [5, 5.41) is 0. The van der Waals surface area contributed by atoms with Crippen molar-refractivity contribution in [3.8, 4) is 0 Å². The van der Waals surface area contributed by atoms with E-state index in [1.54, 1.807) is 6.07 Å². The molecule has 1 fully saturated rings. The molecule has 4 aromatic rings. The van der Waals surface area contributed by atoms with E-state index in [9.17, 15) is 17.6 Å². The van der Waals surface area contributed by atoms with Gasteiger partial charge in [0.25, 0.3) is 0 Å². The number of hydrogen-bond donors (Lipinski definition) is 1. The highest BCUT2D eigenvalue weighted by atomic mass is 32.2. The number of benzene rings is 2. The molecule has 2 aromatic heterocycles. The second-order valence-corrected chi connectivity index (χ2v) is 9.00. The van der Waals surface area contributed by atoms with Gasteiger partial charge in [0.05, 0.1) is 27.5 Å². The molecule has 0 bridgehead atoms. The lowest BCUT2D eigenvalue weighted by atomic mass is 10.2. The number of fused-ring (bicyclic) bond motifs is 2. The Labute approximate surface area is 164 Å². The van der Waals surface area contributed by atoms with E-state index in [0.717, 1.165) is 0 Å². The first-order valence-electron chi connectivity index (χ1n) is 9.11. The van der Waals surface area contributed by atoms with Crippen LogP contribution in [0.3, 0.4) is 0 Å².